The first-order chi connectivity index (χ1) is 12.4. The van der Waals surface area contributed by atoms with Gasteiger partial charge in [-0.15, -0.1) is 0 Å². The first kappa shape index (κ1) is 22.3. The summed E-state index contributed by atoms with van der Waals surface area (Å²) in [5, 5.41) is 6.62. The molecule has 0 saturated heterocycles. The van der Waals surface area contributed by atoms with Gasteiger partial charge in [0.05, 0.1) is 19.8 Å². The second-order valence-corrected chi connectivity index (χ2v) is 7.22. The molecule has 2 N–H and O–H groups in total. The number of benzene rings is 1. The van der Waals surface area contributed by atoms with Crippen molar-refractivity contribution in [2.75, 3.05) is 41.0 Å². The second kappa shape index (κ2) is 11.8. The lowest BCUT2D eigenvalue weighted by Gasteiger charge is -2.30. The van der Waals surface area contributed by atoms with Gasteiger partial charge in [0.25, 0.3) is 0 Å². The number of rotatable bonds is 10. The molecule has 0 saturated carbocycles. The molecule has 1 aromatic rings. The summed E-state index contributed by atoms with van der Waals surface area (Å²) in [4.78, 5) is 4.24. The molecule has 0 aliphatic rings. The molecule has 0 aliphatic carbocycles. The standard InChI is InChI=1S/C20H35N3O3/c1-20(2,3)18(25-6)14-23-19(21-4)22-12-7-13-26-15-16-8-10-17(24-5)11-9-16/h8-11,18H,7,12-15H2,1-6H3,(H2,21,22,23). The summed E-state index contributed by atoms with van der Waals surface area (Å²) >= 11 is 0. The van der Waals surface area contributed by atoms with E-state index in [1.54, 1.807) is 21.3 Å². The van der Waals surface area contributed by atoms with E-state index in [2.05, 4.69) is 36.4 Å². The predicted octanol–water partition coefficient (Wildman–Crippen LogP) is 2.83. The third-order valence-electron chi connectivity index (χ3n) is 4.11. The van der Waals surface area contributed by atoms with Crippen molar-refractivity contribution in [1.82, 2.24) is 10.6 Å². The average molecular weight is 366 g/mol. The number of nitrogens with zero attached hydrogens (tertiary/aromatic N) is 1. The maximum absolute atomic E-state index is 5.71. The normalized spacial score (nSPS) is 13.4. The van der Waals surface area contributed by atoms with E-state index in [1.165, 1.54) is 0 Å². The number of hydrogen-bond acceptors (Lipinski definition) is 4. The van der Waals surface area contributed by atoms with Crippen LogP contribution in [0, 0.1) is 5.41 Å². The van der Waals surface area contributed by atoms with Gasteiger partial charge in [-0.25, -0.2) is 0 Å². The SMILES string of the molecule is CN=C(NCCCOCc1ccc(OC)cc1)NCC(OC)C(C)(C)C. The Morgan fingerprint density at radius 2 is 1.81 bits per heavy atom. The van der Waals surface area contributed by atoms with Crippen molar-refractivity contribution in [3.63, 3.8) is 0 Å². The van der Waals surface area contributed by atoms with E-state index in [9.17, 15) is 0 Å². The fourth-order valence-corrected chi connectivity index (χ4v) is 2.45. The molecule has 0 aromatic heterocycles. The van der Waals surface area contributed by atoms with E-state index in [-0.39, 0.29) is 11.5 Å². The number of methoxy groups -OCH3 is 2. The summed E-state index contributed by atoms with van der Waals surface area (Å²) in [5.41, 5.74) is 1.22. The molecule has 0 amide bonds. The molecule has 0 bridgehead atoms. The highest BCUT2D eigenvalue weighted by atomic mass is 16.5. The van der Waals surface area contributed by atoms with Crippen molar-refractivity contribution in [3.8, 4) is 5.75 Å². The van der Waals surface area contributed by atoms with Crippen LogP contribution in [0.1, 0.15) is 32.8 Å². The quantitative estimate of drug-likeness (QED) is 0.379. The van der Waals surface area contributed by atoms with Crippen LogP contribution in [0.3, 0.4) is 0 Å². The minimum absolute atomic E-state index is 0.0793. The van der Waals surface area contributed by atoms with E-state index < -0.39 is 0 Å². The molecule has 1 unspecified atom stereocenters. The highest BCUT2D eigenvalue weighted by Gasteiger charge is 2.24. The summed E-state index contributed by atoms with van der Waals surface area (Å²) < 4.78 is 16.4. The Morgan fingerprint density at radius 3 is 2.35 bits per heavy atom. The minimum Gasteiger partial charge on any atom is -0.497 e. The Bertz CT molecular complexity index is 524. The van der Waals surface area contributed by atoms with Gasteiger partial charge in [-0.05, 0) is 29.5 Å². The van der Waals surface area contributed by atoms with Gasteiger partial charge in [-0.3, -0.25) is 4.99 Å². The van der Waals surface area contributed by atoms with Crippen molar-refractivity contribution in [2.24, 2.45) is 10.4 Å². The fourth-order valence-electron chi connectivity index (χ4n) is 2.45. The Labute approximate surface area is 158 Å². The lowest BCUT2D eigenvalue weighted by molar-refractivity contribution is 0.0205. The van der Waals surface area contributed by atoms with Crippen LogP contribution in [0.5, 0.6) is 5.75 Å². The predicted molar refractivity (Wildman–Crippen MR) is 107 cm³/mol. The van der Waals surface area contributed by atoms with Gasteiger partial charge in [0, 0.05) is 33.9 Å². The first-order valence-electron chi connectivity index (χ1n) is 9.08. The number of ether oxygens (including phenoxy) is 3. The molecule has 26 heavy (non-hydrogen) atoms. The molecular formula is C20H35N3O3. The van der Waals surface area contributed by atoms with Crippen LogP contribution in [0.4, 0.5) is 0 Å². The first-order valence-corrected chi connectivity index (χ1v) is 9.08. The largest absolute Gasteiger partial charge is 0.497 e. The number of aliphatic imine (C=N–C) groups is 1. The molecule has 1 atom stereocenters. The Morgan fingerprint density at radius 1 is 1.12 bits per heavy atom. The Balaban J connectivity index is 2.18. The molecular weight excluding hydrogens is 330 g/mol. The van der Waals surface area contributed by atoms with E-state index in [1.807, 2.05) is 24.3 Å². The fraction of sp³-hybridized carbons (Fsp3) is 0.650. The monoisotopic (exact) mass is 365 g/mol. The highest BCUT2D eigenvalue weighted by molar-refractivity contribution is 5.79. The zero-order valence-electron chi connectivity index (χ0n) is 17.1. The van der Waals surface area contributed by atoms with Gasteiger partial charge in [-0.1, -0.05) is 32.9 Å². The van der Waals surface area contributed by atoms with Crippen LogP contribution in [-0.2, 0) is 16.1 Å². The molecule has 6 nitrogen and oxygen atoms in total. The number of hydrogen-bond donors (Lipinski definition) is 2. The summed E-state index contributed by atoms with van der Waals surface area (Å²) in [5.74, 6) is 1.64. The van der Waals surface area contributed by atoms with Crippen molar-refractivity contribution < 1.29 is 14.2 Å². The molecule has 0 spiro atoms. The zero-order chi connectivity index (χ0) is 19.4. The third-order valence-corrected chi connectivity index (χ3v) is 4.11. The summed E-state index contributed by atoms with van der Waals surface area (Å²) in [6.07, 6.45) is 1.03. The van der Waals surface area contributed by atoms with Crippen molar-refractivity contribution >= 4 is 5.96 Å². The zero-order valence-corrected chi connectivity index (χ0v) is 17.1. The van der Waals surface area contributed by atoms with Crippen LogP contribution in [0.15, 0.2) is 29.3 Å². The smallest absolute Gasteiger partial charge is 0.191 e. The molecule has 0 fully saturated rings. The molecule has 0 radical (unpaired) electrons. The second-order valence-electron chi connectivity index (χ2n) is 7.22. The van der Waals surface area contributed by atoms with E-state index in [0.717, 1.165) is 30.2 Å². The topological polar surface area (TPSA) is 64.1 Å². The number of guanidine groups is 1. The van der Waals surface area contributed by atoms with Crippen LogP contribution >= 0.6 is 0 Å². The maximum atomic E-state index is 5.71. The van der Waals surface area contributed by atoms with Gasteiger partial charge in [0.1, 0.15) is 5.75 Å². The molecule has 148 valence electrons. The van der Waals surface area contributed by atoms with E-state index >= 15 is 0 Å². The molecule has 0 aliphatic heterocycles. The number of nitrogens with one attached hydrogen (secondary N) is 2. The maximum Gasteiger partial charge on any atom is 0.191 e. The van der Waals surface area contributed by atoms with Gasteiger partial charge in [0.15, 0.2) is 5.96 Å². The van der Waals surface area contributed by atoms with Gasteiger partial charge in [-0.2, -0.15) is 0 Å². The highest BCUT2D eigenvalue weighted by Crippen LogP contribution is 2.20. The molecule has 1 rings (SSSR count). The lowest BCUT2D eigenvalue weighted by Crippen LogP contribution is -2.45. The van der Waals surface area contributed by atoms with E-state index in [0.29, 0.717) is 19.8 Å². The van der Waals surface area contributed by atoms with Crippen LogP contribution in [-0.4, -0.2) is 53.0 Å². The summed E-state index contributed by atoms with van der Waals surface area (Å²) in [7, 11) is 5.18. The van der Waals surface area contributed by atoms with Crippen LogP contribution < -0.4 is 15.4 Å². The molecule has 6 heteroatoms. The van der Waals surface area contributed by atoms with Crippen molar-refractivity contribution in [3.05, 3.63) is 29.8 Å². The van der Waals surface area contributed by atoms with Gasteiger partial charge in [0.2, 0.25) is 0 Å². The minimum atomic E-state index is 0.0793. The van der Waals surface area contributed by atoms with Crippen molar-refractivity contribution in [2.45, 2.75) is 39.9 Å². The molecule has 0 heterocycles. The molecule has 1 aromatic carbocycles. The summed E-state index contributed by atoms with van der Waals surface area (Å²) in [6.45, 7) is 9.32. The van der Waals surface area contributed by atoms with Gasteiger partial charge < -0.3 is 24.8 Å². The Hall–Kier alpha value is -1.79. The van der Waals surface area contributed by atoms with Crippen molar-refractivity contribution in [1.29, 1.82) is 0 Å². The van der Waals surface area contributed by atoms with Gasteiger partial charge >= 0.3 is 0 Å². The average Bonchev–Trinajstić information content (AvgIpc) is 2.62. The lowest BCUT2D eigenvalue weighted by atomic mass is 9.89. The Kier molecular flexibility index (Phi) is 10.1. The summed E-state index contributed by atoms with van der Waals surface area (Å²) in [6, 6.07) is 7.93. The van der Waals surface area contributed by atoms with Crippen LogP contribution in [0.25, 0.3) is 0 Å². The third kappa shape index (κ3) is 8.54. The van der Waals surface area contributed by atoms with Crippen LogP contribution in [0.2, 0.25) is 0 Å². The van der Waals surface area contributed by atoms with E-state index in [4.69, 9.17) is 14.2 Å².